The summed E-state index contributed by atoms with van der Waals surface area (Å²) in [5.74, 6) is 0. The summed E-state index contributed by atoms with van der Waals surface area (Å²) >= 11 is 0. The summed E-state index contributed by atoms with van der Waals surface area (Å²) in [6, 6.07) is 7.45. The maximum Gasteiger partial charge on any atom is 0.0644 e. The molecule has 0 bridgehead atoms. The molecule has 0 saturated heterocycles. The van der Waals surface area contributed by atoms with Crippen LogP contribution >= 0.6 is 15.8 Å². The highest BCUT2D eigenvalue weighted by Crippen LogP contribution is 2.56. The van der Waals surface area contributed by atoms with Crippen LogP contribution in [0.4, 0.5) is 0 Å². The maximum atomic E-state index is 5.73. The molecule has 0 radical (unpaired) electrons. The third-order valence-electron chi connectivity index (χ3n) is 9.12. The topological polar surface area (TPSA) is 12.9 Å². The number of aromatic nitrogens is 1. The Morgan fingerprint density at radius 3 is 1.00 bits per heavy atom. The Bertz CT molecular complexity index is 591. The van der Waals surface area contributed by atoms with Crippen molar-refractivity contribution < 1.29 is 0 Å². The average Bonchev–Trinajstić information content (AvgIpc) is 2.87. The van der Waals surface area contributed by atoms with E-state index in [0.29, 0.717) is 0 Å². The second-order valence-electron chi connectivity index (χ2n) is 11.3. The molecule has 3 heteroatoms. The van der Waals surface area contributed by atoms with Gasteiger partial charge in [-0.1, -0.05) is 83.1 Å². The van der Waals surface area contributed by atoms with Gasteiger partial charge in [-0.2, -0.15) is 0 Å². The predicted molar refractivity (Wildman–Crippen MR) is 145 cm³/mol. The van der Waals surface area contributed by atoms with E-state index >= 15 is 0 Å². The first kappa shape index (κ1) is 23.7. The van der Waals surface area contributed by atoms with Crippen LogP contribution in [0, 0.1) is 0 Å². The van der Waals surface area contributed by atoms with Crippen molar-refractivity contribution in [3.63, 3.8) is 0 Å². The van der Waals surface area contributed by atoms with E-state index in [4.69, 9.17) is 4.98 Å². The lowest BCUT2D eigenvalue weighted by Crippen LogP contribution is -2.33. The van der Waals surface area contributed by atoms with E-state index in [2.05, 4.69) is 18.2 Å². The second-order valence-corrected chi connectivity index (χ2v) is 16.8. The summed E-state index contributed by atoms with van der Waals surface area (Å²) in [5, 5.41) is 0. The van der Waals surface area contributed by atoms with Gasteiger partial charge in [0.15, 0.2) is 0 Å². The average molecular weight is 472 g/mol. The maximum absolute atomic E-state index is 5.73. The highest BCUT2D eigenvalue weighted by Gasteiger charge is 2.36. The third kappa shape index (κ3) is 5.80. The molecule has 0 atom stereocenters. The van der Waals surface area contributed by atoms with Crippen molar-refractivity contribution in [3.8, 4) is 0 Å². The molecule has 1 nitrogen and oxygen atoms in total. The highest BCUT2D eigenvalue weighted by molar-refractivity contribution is 7.68. The minimum absolute atomic E-state index is 0.0687. The molecule has 0 unspecified atom stereocenters. The van der Waals surface area contributed by atoms with Crippen molar-refractivity contribution in [1.29, 1.82) is 0 Å². The van der Waals surface area contributed by atoms with E-state index in [1.54, 1.807) is 10.9 Å². The molecule has 0 amide bonds. The van der Waals surface area contributed by atoms with Crippen LogP contribution < -0.4 is 10.9 Å². The van der Waals surface area contributed by atoms with Crippen LogP contribution in [0.2, 0.25) is 0 Å². The van der Waals surface area contributed by atoms with Crippen molar-refractivity contribution in [3.05, 3.63) is 18.2 Å². The summed E-state index contributed by atoms with van der Waals surface area (Å²) in [7, 11) is -0.137. The zero-order chi connectivity index (χ0) is 21.6. The normalized spacial score (nSPS) is 25.6. The van der Waals surface area contributed by atoms with Crippen LogP contribution in [0.15, 0.2) is 18.2 Å². The first-order valence-electron chi connectivity index (χ1n) is 14.4. The van der Waals surface area contributed by atoms with Gasteiger partial charge in [0.05, 0.1) is 10.9 Å². The molecule has 1 aromatic heterocycles. The van der Waals surface area contributed by atoms with Gasteiger partial charge < -0.3 is 0 Å². The zero-order valence-electron chi connectivity index (χ0n) is 20.5. The minimum Gasteiger partial charge on any atom is -0.248 e. The first-order valence-corrected chi connectivity index (χ1v) is 17.4. The van der Waals surface area contributed by atoms with Crippen LogP contribution in [-0.2, 0) is 0 Å². The lowest BCUT2D eigenvalue weighted by molar-refractivity contribution is 0.486. The van der Waals surface area contributed by atoms with E-state index in [1.165, 1.54) is 128 Å². The Balaban J connectivity index is 1.45. The number of pyridine rings is 1. The SMILES string of the molecule is c1cc(P(C2CCCCC2)C2CCCCC2)nc(P(C2CCCCC2)C2CCCCC2)c1. The summed E-state index contributed by atoms with van der Waals surface area (Å²) < 4.78 is 0. The van der Waals surface area contributed by atoms with Crippen molar-refractivity contribution >= 4 is 26.7 Å². The van der Waals surface area contributed by atoms with Gasteiger partial charge in [-0.05, 0) is 102 Å². The molecule has 178 valence electrons. The number of hydrogen-bond donors (Lipinski definition) is 0. The molecule has 32 heavy (non-hydrogen) atoms. The molecule has 4 aliphatic carbocycles. The predicted octanol–water partition coefficient (Wildman–Crippen LogP) is 8.63. The van der Waals surface area contributed by atoms with Gasteiger partial charge in [-0.3, -0.25) is 0 Å². The Hall–Kier alpha value is 0.01000. The van der Waals surface area contributed by atoms with Crippen LogP contribution in [-0.4, -0.2) is 27.6 Å². The van der Waals surface area contributed by atoms with Crippen molar-refractivity contribution in [1.82, 2.24) is 4.98 Å². The number of rotatable bonds is 6. The van der Waals surface area contributed by atoms with Gasteiger partial charge in [0.1, 0.15) is 0 Å². The van der Waals surface area contributed by atoms with Crippen LogP contribution in [0.25, 0.3) is 0 Å². The molecular weight excluding hydrogens is 424 g/mol. The second kappa shape index (κ2) is 12.1. The van der Waals surface area contributed by atoms with Crippen LogP contribution in [0.3, 0.4) is 0 Å². The quantitative estimate of drug-likeness (QED) is 0.378. The Kier molecular flexibility index (Phi) is 8.99. The molecule has 1 heterocycles. The molecule has 1 aromatic rings. The summed E-state index contributed by atoms with van der Waals surface area (Å²) in [4.78, 5) is 5.73. The van der Waals surface area contributed by atoms with E-state index in [9.17, 15) is 0 Å². The van der Waals surface area contributed by atoms with E-state index in [0.717, 1.165) is 22.6 Å². The molecule has 5 rings (SSSR count). The standard InChI is InChI=1S/C29H47NP2/c1-5-14-24(15-6-1)31(25-16-7-2-8-17-25)28-22-13-23-29(30-28)32(26-18-9-3-10-19-26)27-20-11-4-12-21-27/h13,22-27H,1-12,14-21H2. The molecule has 4 aliphatic rings. The number of nitrogens with zero attached hydrogens (tertiary/aromatic N) is 1. The van der Waals surface area contributed by atoms with Crippen molar-refractivity contribution in [2.24, 2.45) is 0 Å². The van der Waals surface area contributed by atoms with E-state index in [-0.39, 0.29) is 15.8 Å². The van der Waals surface area contributed by atoms with E-state index in [1.807, 2.05) is 0 Å². The lowest BCUT2D eigenvalue weighted by atomic mass is 9.99. The molecule has 0 aromatic carbocycles. The molecule has 0 N–H and O–H groups in total. The van der Waals surface area contributed by atoms with Crippen molar-refractivity contribution in [2.45, 2.75) is 151 Å². The highest BCUT2D eigenvalue weighted by atomic mass is 31.1. The Morgan fingerprint density at radius 1 is 0.438 bits per heavy atom. The fraction of sp³-hybridized carbons (Fsp3) is 0.828. The fourth-order valence-corrected chi connectivity index (χ4v) is 14.9. The van der Waals surface area contributed by atoms with E-state index < -0.39 is 0 Å². The summed E-state index contributed by atoms with van der Waals surface area (Å²) in [5.41, 5.74) is 7.08. The molecule has 4 fully saturated rings. The molecular formula is C29H47NP2. The van der Waals surface area contributed by atoms with Gasteiger partial charge in [0.2, 0.25) is 0 Å². The fourth-order valence-electron chi connectivity index (χ4n) is 7.48. The number of hydrogen-bond acceptors (Lipinski definition) is 1. The monoisotopic (exact) mass is 471 g/mol. The molecule has 0 aliphatic heterocycles. The van der Waals surface area contributed by atoms with Gasteiger partial charge >= 0.3 is 0 Å². The summed E-state index contributed by atoms with van der Waals surface area (Å²) in [6.07, 6.45) is 29.7. The largest absolute Gasteiger partial charge is 0.248 e. The lowest BCUT2D eigenvalue weighted by Gasteiger charge is -2.40. The first-order chi connectivity index (χ1) is 15.9. The van der Waals surface area contributed by atoms with Crippen LogP contribution in [0.1, 0.15) is 128 Å². The molecule has 4 saturated carbocycles. The van der Waals surface area contributed by atoms with Gasteiger partial charge in [0, 0.05) is 0 Å². The zero-order valence-corrected chi connectivity index (χ0v) is 22.3. The minimum atomic E-state index is -0.0687. The van der Waals surface area contributed by atoms with Crippen LogP contribution in [0.5, 0.6) is 0 Å². The van der Waals surface area contributed by atoms with Gasteiger partial charge in [-0.15, -0.1) is 0 Å². The van der Waals surface area contributed by atoms with Crippen molar-refractivity contribution in [2.75, 3.05) is 0 Å². The summed E-state index contributed by atoms with van der Waals surface area (Å²) in [6.45, 7) is 0. The van der Waals surface area contributed by atoms with Gasteiger partial charge in [0.25, 0.3) is 0 Å². The van der Waals surface area contributed by atoms with Gasteiger partial charge in [-0.25, -0.2) is 4.98 Å². The molecule has 0 spiro atoms. The Morgan fingerprint density at radius 2 is 0.719 bits per heavy atom. The third-order valence-corrected chi connectivity index (χ3v) is 15.9. The smallest absolute Gasteiger partial charge is 0.0644 e. The Labute approximate surface area is 200 Å².